The molecule has 2 N–H and O–H groups in total. The van der Waals surface area contributed by atoms with Crippen LogP contribution in [0.2, 0.25) is 0 Å². The van der Waals surface area contributed by atoms with Gasteiger partial charge in [0.15, 0.2) is 11.6 Å². The van der Waals surface area contributed by atoms with Gasteiger partial charge in [-0.1, -0.05) is 0 Å². The predicted octanol–water partition coefficient (Wildman–Crippen LogP) is 2.60. The summed E-state index contributed by atoms with van der Waals surface area (Å²) in [6.07, 6.45) is 4.85. The average Bonchev–Trinajstić information content (AvgIpc) is 3.27. The fourth-order valence-electron chi connectivity index (χ4n) is 4.12. The summed E-state index contributed by atoms with van der Waals surface area (Å²) in [5, 5.41) is 20.9. The Balaban J connectivity index is 1.39. The van der Waals surface area contributed by atoms with Crippen LogP contribution in [0.3, 0.4) is 0 Å². The Labute approximate surface area is 178 Å². The topological polar surface area (TPSA) is 114 Å². The first-order valence-corrected chi connectivity index (χ1v) is 10.4. The van der Waals surface area contributed by atoms with Crippen molar-refractivity contribution in [2.24, 2.45) is 13.0 Å². The van der Waals surface area contributed by atoms with Gasteiger partial charge >= 0.3 is 6.09 Å². The molecule has 162 valence electrons. The lowest BCUT2D eigenvalue weighted by molar-refractivity contribution is -0.117. The summed E-state index contributed by atoms with van der Waals surface area (Å²) in [5.74, 6) is 1.28. The van der Waals surface area contributed by atoms with Crippen LogP contribution in [0.15, 0.2) is 30.6 Å². The second-order valence-electron chi connectivity index (χ2n) is 8.32. The van der Waals surface area contributed by atoms with Crippen molar-refractivity contribution in [2.45, 2.75) is 38.3 Å². The molecule has 2 amide bonds. The highest BCUT2D eigenvalue weighted by atomic mass is 16.5. The lowest BCUT2D eigenvalue weighted by Crippen LogP contribution is -2.33. The van der Waals surface area contributed by atoms with E-state index in [4.69, 9.17) is 4.74 Å². The van der Waals surface area contributed by atoms with Crippen molar-refractivity contribution in [1.29, 1.82) is 0 Å². The summed E-state index contributed by atoms with van der Waals surface area (Å²) < 4.78 is 9.62. The van der Waals surface area contributed by atoms with E-state index in [-0.39, 0.29) is 24.0 Å². The Hall–Kier alpha value is -3.56. The van der Waals surface area contributed by atoms with Gasteiger partial charge in [0, 0.05) is 43.3 Å². The smallest absolute Gasteiger partial charge is 0.407 e. The lowest BCUT2D eigenvalue weighted by Gasteiger charge is -2.16. The van der Waals surface area contributed by atoms with Gasteiger partial charge in [0.05, 0.1) is 18.3 Å². The molecule has 3 aromatic rings. The third-order valence-corrected chi connectivity index (χ3v) is 5.92. The van der Waals surface area contributed by atoms with Gasteiger partial charge in [-0.05, 0) is 31.9 Å². The molecule has 2 aliphatic rings. The lowest BCUT2D eigenvalue weighted by atomic mass is 10.1. The molecule has 1 aliphatic heterocycles. The standard InChI is InChI=1S/C21H24N6O4/c1-12-7-16(11-26(12)21(29)30)31-17-10-22-25(2)19(17)14-5-6-27-15(8-14)9-18(24-27)23-20(28)13-3-4-13/h5-6,8-10,12-13,16H,3-4,7,11H2,1-2H3,(H,29,30)(H,23,24,28)/t12-,16-/m0/s1. The number of aromatic nitrogens is 4. The van der Waals surface area contributed by atoms with E-state index in [2.05, 4.69) is 15.5 Å². The second kappa shape index (κ2) is 7.29. The first-order chi connectivity index (χ1) is 14.9. The largest absolute Gasteiger partial charge is 0.485 e. The summed E-state index contributed by atoms with van der Waals surface area (Å²) in [6.45, 7) is 2.21. The minimum absolute atomic E-state index is 0.0205. The van der Waals surface area contributed by atoms with Crippen molar-refractivity contribution in [1.82, 2.24) is 24.3 Å². The van der Waals surface area contributed by atoms with Crippen LogP contribution in [0.1, 0.15) is 26.2 Å². The summed E-state index contributed by atoms with van der Waals surface area (Å²) >= 11 is 0. The Bertz CT molecular complexity index is 1160. The molecule has 2 fully saturated rings. The zero-order valence-electron chi connectivity index (χ0n) is 17.4. The van der Waals surface area contributed by atoms with Gasteiger partial charge in [-0.3, -0.25) is 9.48 Å². The van der Waals surface area contributed by atoms with E-state index >= 15 is 0 Å². The highest BCUT2D eigenvalue weighted by molar-refractivity contribution is 5.93. The number of rotatable bonds is 5. The number of carbonyl (C=O) groups is 2. The molecule has 0 aromatic carbocycles. The van der Waals surface area contributed by atoms with Crippen molar-refractivity contribution in [3.8, 4) is 17.0 Å². The number of hydrogen-bond donors (Lipinski definition) is 2. The molecule has 1 saturated carbocycles. The molecule has 4 heterocycles. The number of anilines is 1. The van der Waals surface area contributed by atoms with Crippen molar-refractivity contribution < 1.29 is 19.4 Å². The quantitative estimate of drug-likeness (QED) is 0.651. The summed E-state index contributed by atoms with van der Waals surface area (Å²) in [7, 11) is 1.84. The number of hydrogen-bond acceptors (Lipinski definition) is 5. The van der Waals surface area contributed by atoms with E-state index in [9.17, 15) is 14.7 Å². The molecule has 0 bridgehead atoms. The Morgan fingerprint density at radius 2 is 2.10 bits per heavy atom. The van der Waals surface area contributed by atoms with Crippen LogP contribution in [0.25, 0.3) is 16.8 Å². The molecular weight excluding hydrogens is 400 g/mol. The van der Waals surface area contributed by atoms with Gasteiger partial charge in [0.1, 0.15) is 11.8 Å². The molecule has 0 radical (unpaired) electrons. The molecule has 3 aromatic heterocycles. The molecule has 0 unspecified atom stereocenters. The van der Waals surface area contributed by atoms with E-state index in [0.717, 1.165) is 29.6 Å². The molecule has 10 heteroatoms. The van der Waals surface area contributed by atoms with Gasteiger partial charge in [-0.15, -0.1) is 0 Å². The van der Waals surface area contributed by atoms with Gasteiger partial charge in [0.2, 0.25) is 5.91 Å². The first-order valence-electron chi connectivity index (χ1n) is 10.4. The van der Waals surface area contributed by atoms with Crippen molar-refractivity contribution in [3.63, 3.8) is 0 Å². The summed E-state index contributed by atoms with van der Waals surface area (Å²) in [4.78, 5) is 24.8. The second-order valence-corrected chi connectivity index (χ2v) is 8.32. The van der Waals surface area contributed by atoms with Gasteiger partial charge in [0.25, 0.3) is 0 Å². The number of amides is 2. The maximum atomic E-state index is 12.0. The first kappa shape index (κ1) is 19.4. The number of ether oxygens (including phenoxy) is 1. The molecule has 1 aliphatic carbocycles. The van der Waals surface area contributed by atoms with Crippen LogP contribution in [0, 0.1) is 5.92 Å². The van der Waals surface area contributed by atoms with E-state index in [1.807, 2.05) is 38.4 Å². The van der Waals surface area contributed by atoms with Crippen LogP contribution in [0.4, 0.5) is 10.6 Å². The van der Waals surface area contributed by atoms with Crippen LogP contribution < -0.4 is 10.1 Å². The molecule has 10 nitrogen and oxygen atoms in total. The summed E-state index contributed by atoms with van der Waals surface area (Å²) in [5.41, 5.74) is 2.53. The zero-order chi connectivity index (χ0) is 21.7. The maximum Gasteiger partial charge on any atom is 0.407 e. The number of carboxylic acid groups (broad SMARTS) is 1. The summed E-state index contributed by atoms with van der Waals surface area (Å²) in [6, 6.07) is 5.63. The van der Waals surface area contributed by atoms with Gasteiger partial charge in [-0.2, -0.15) is 10.2 Å². The van der Waals surface area contributed by atoms with Crippen molar-refractivity contribution in [3.05, 3.63) is 30.6 Å². The molecule has 0 spiro atoms. The highest BCUT2D eigenvalue weighted by Gasteiger charge is 2.34. The zero-order valence-corrected chi connectivity index (χ0v) is 17.4. The van der Waals surface area contributed by atoms with Gasteiger partial charge in [-0.25, -0.2) is 9.31 Å². The number of nitrogens with zero attached hydrogens (tertiary/aromatic N) is 5. The Morgan fingerprint density at radius 3 is 2.81 bits per heavy atom. The van der Waals surface area contributed by atoms with E-state index < -0.39 is 6.09 Å². The minimum Gasteiger partial charge on any atom is -0.485 e. The number of nitrogens with one attached hydrogen (secondary N) is 1. The molecule has 31 heavy (non-hydrogen) atoms. The molecular formula is C21H24N6O4. The number of likely N-dealkylation sites (tertiary alicyclic amines) is 1. The molecule has 5 rings (SSSR count). The monoisotopic (exact) mass is 424 g/mol. The van der Waals surface area contributed by atoms with E-state index in [1.165, 1.54) is 4.90 Å². The minimum atomic E-state index is -0.930. The van der Waals surface area contributed by atoms with E-state index in [1.54, 1.807) is 15.4 Å². The van der Waals surface area contributed by atoms with Crippen LogP contribution in [-0.2, 0) is 11.8 Å². The average molecular weight is 424 g/mol. The third kappa shape index (κ3) is 3.69. The number of fused-ring (bicyclic) bond motifs is 1. The van der Waals surface area contributed by atoms with Crippen LogP contribution in [0.5, 0.6) is 5.75 Å². The third-order valence-electron chi connectivity index (χ3n) is 5.92. The van der Waals surface area contributed by atoms with Crippen molar-refractivity contribution in [2.75, 3.05) is 11.9 Å². The molecule has 2 atom stereocenters. The Morgan fingerprint density at radius 1 is 1.29 bits per heavy atom. The normalized spacial score (nSPS) is 20.9. The van der Waals surface area contributed by atoms with Crippen LogP contribution in [-0.4, -0.2) is 60.1 Å². The van der Waals surface area contributed by atoms with Gasteiger partial charge < -0.3 is 20.1 Å². The molecule has 1 saturated heterocycles. The maximum absolute atomic E-state index is 12.0. The number of pyridine rings is 1. The number of aryl methyl sites for hydroxylation is 1. The fraction of sp³-hybridized carbons (Fsp3) is 0.429. The number of carbonyl (C=O) groups excluding carboxylic acids is 1. The van der Waals surface area contributed by atoms with Crippen LogP contribution >= 0.6 is 0 Å². The highest BCUT2D eigenvalue weighted by Crippen LogP contribution is 2.33. The van der Waals surface area contributed by atoms with E-state index in [0.29, 0.717) is 24.5 Å². The fourth-order valence-corrected chi connectivity index (χ4v) is 4.12. The van der Waals surface area contributed by atoms with Crippen molar-refractivity contribution >= 4 is 23.3 Å². The SMILES string of the molecule is C[C@H]1C[C@H](Oc2cnn(C)c2-c2ccn3nc(NC(=O)C4CC4)cc3c2)CN1C(=O)O. The Kier molecular flexibility index (Phi) is 4.57. The predicted molar refractivity (Wildman–Crippen MR) is 112 cm³/mol.